The minimum atomic E-state index is -4.07. The van der Waals surface area contributed by atoms with Crippen LogP contribution in [0.5, 0.6) is 0 Å². The Bertz CT molecular complexity index is 494. The van der Waals surface area contributed by atoms with E-state index < -0.39 is 40.0 Å². The summed E-state index contributed by atoms with van der Waals surface area (Å²) in [5.74, 6) is -0.983. The Morgan fingerprint density at radius 3 is 2.65 bits per heavy atom. The Hall–Kier alpha value is -0.730. The van der Waals surface area contributed by atoms with Crippen molar-refractivity contribution >= 4 is 21.6 Å². The van der Waals surface area contributed by atoms with Gasteiger partial charge in [-0.3, -0.25) is 0 Å². The molecule has 0 bridgehead atoms. The molecular formula is C9H11ClFNO4S. The molecule has 3 N–H and O–H groups in total. The van der Waals surface area contributed by atoms with Crippen molar-refractivity contribution < 1.29 is 23.0 Å². The molecule has 0 aliphatic heterocycles. The van der Waals surface area contributed by atoms with Crippen LogP contribution in [0.1, 0.15) is 0 Å². The maximum Gasteiger partial charge on any atom is 0.243 e. The first-order chi connectivity index (χ1) is 7.86. The second-order valence-electron chi connectivity index (χ2n) is 3.26. The Morgan fingerprint density at radius 1 is 1.47 bits per heavy atom. The molecule has 0 aliphatic rings. The van der Waals surface area contributed by atoms with E-state index in [2.05, 4.69) is 0 Å². The highest BCUT2D eigenvalue weighted by atomic mass is 35.5. The summed E-state index contributed by atoms with van der Waals surface area (Å²) < 4.78 is 38.5. The lowest BCUT2D eigenvalue weighted by Crippen LogP contribution is -2.34. The van der Waals surface area contributed by atoms with Crippen molar-refractivity contribution in [3.8, 4) is 0 Å². The molecule has 0 amide bonds. The lowest BCUT2D eigenvalue weighted by Gasteiger charge is -2.10. The van der Waals surface area contributed by atoms with E-state index in [4.69, 9.17) is 21.8 Å². The highest BCUT2D eigenvalue weighted by molar-refractivity contribution is 7.89. The molecule has 0 fully saturated rings. The molecule has 0 saturated carbocycles. The fourth-order valence-corrected chi connectivity index (χ4v) is 2.33. The van der Waals surface area contributed by atoms with Crippen molar-refractivity contribution in [2.75, 3.05) is 13.2 Å². The van der Waals surface area contributed by atoms with E-state index in [-0.39, 0.29) is 5.02 Å². The molecule has 1 aromatic rings. The Kier molecular flexibility index (Phi) is 4.84. The average Bonchev–Trinajstić information content (AvgIpc) is 2.25. The molecule has 1 rings (SSSR count). The van der Waals surface area contributed by atoms with Crippen LogP contribution in [0.4, 0.5) is 4.39 Å². The first kappa shape index (κ1) is 14.3. The van der Waals surface area contributed by atoms with E-state index >= 15 is 0 Å². The number of aliphatic hydroxyl groups is 2. The van der Waals surface area contributed by atoms with Crippen molar-refractivity contribution in [3.05, 3.63) is 29.0 Å². The Morgan fingerprint density at radius 2 is 2.12 bits per heavy atom. The lowest BCUT2D eigenvalue weighted by molar-refractivity contribution is 0.0988. The predicted molar refractivity (Wildman–Crippen MR) is 59.7 cm³/mol. The summed E-state index contributed by atoms with van der Waals surface area (Å²) in [6.07, 6.45) is -1.24. The monoisotopic (exact) mass is 283 g/mol. The number of aliphatic hydroxyl groups excluding tert-OH is 2. The van der Waals surface area contributed by atoms with E-state index in [1.165, 1.54) is 6.07 Å². The summed E-state index contributed by atoms with van der Waals surface area (Å²) >= 11 is 5.49. The van der Waals surface area contributed by atoms with Crippen molar-refractivity contribution in [2.24, 2.45) is 0 Å². The molecule has 0 aromatic heterocycles. The summed E-state index contributed by atoms with van der Waals surface area (Å²) in [5.41, 5.74) is 0. The van der Waals surface area contributed by atoms with E-state index in [1.54, 1.807) is 0 Å². The molecule has 5 nitrogen and oxygen atoms in total. The largest absolute Gasteiger partial charge is 0.394 e. The smallest absolute Gasteiger partial charge is 0.243 e. The molecule has 8 heteroatoms. The SMILES string of the molecule is O=S(=O)(NCC(O)CO)c1ccc(Cl)cc1F. The Labute approximate surface area is 103 Å². The van der Waals surface area contributed by atoms with Crippen LogP contribution in [0.3, 0.4) is 0 Å². The Balaban J connectivity index is 2.90. The molecule has 0 spiro atoms. The van der Waals surface area contributed by atoms with Gasteiger partial charge in [-0.05, 0) is 18.2 Å². The normalized spacial score (nSPS) is 13.6. The number of halogens is 2. The van der Waals surface area contributed by atoms with Gasteiger partial charge in [0.2, 0.25) is 10.0 Å². The number of rotatable bonds is 5. The predicted octanol–water partition coefficient (Wildman–Crippen LogP) is 0.111. The van der Waals surface area contributed by atoms with Gasteiger partial charge < -0.3 is 10.2 Å². The molecule has 96 valence electrons. The van der Waals surface area contributed by atoms with Gasteiger partial charge in [0.05, 0.1) is 12.7 Å². The molecule has 0 saturated heterocycles. The zero-order valence-electron chi connectivity index (χ0n) is 8.60. The molecule has 1 aromatic carbocycles. The minimum absolute atomic E-state index is 0.0804. The topological polar surface area (TPSA) is 86.6 Å². The third-order valence-corrected chi connectivity index (χ3v) is 3.60. The first-order valence-corrected chi connectivity index (χ1v) is 6.46. The molecule has 17 heavy (non-hydrogen) atoms. The average molecular weight is 284 g/mol. The highest BCUT2D eigenvalue weighted by Crippen LogP contribution is 2.18. The van der Waals surface area contributed by atoms with Crippen molar-refractivity contribution in [2.45, 2.75) is 11.0 Å². The fourth-order valence-electron chi connectivity index (χ4n) is 1.04. The van der Waals surface area contributed by atoms with Gasteiger partial charge in [-0.25, -0.2) is 17.5 Å². The van der Waals surface area contributed by atoms with Crippen LogP contribution >= 0.6 is 11.6 Å². The molecule has 1 unspecified atom stereocenters. The van der Waals surface area contributed by atoms with Crippen LogP contribution in [0, 0.1) is 5.82 Å². The second kappa shape index (κ2) is 5.74. The second-order valence-corrected chi connectivity index (χ2v) is 5.43. The van der Waals surface area contributed by atoms with Crippen LogP contribution in [0.2, 0.25) is 5.02 Å². The maximum absolute atomic E-state index is 13.3. The summed E-state index contributed by atoms with van der Waals surface area (Å²) in [6.45, 7) is -0.994. The standard InChI is InChI=1S/C9H11ClFNO4S/c10-6-1-2-9(8(11)3-6)17(15,16)12-4-7(14)5-13/h1-3,7,12-14H,4-5H2. The number of benzene rings is 1. The fraction of sp³-hybridized carbons (Fsp3) is 0.333. The third kappa shape index (κ3) is 3.90. The van der Waals surface area contributed by atoms with Gasteiger partial charge in [0, 0.05) is 11.6 Å². The van der Waals surface area contributed by atoms with Crippen molar-refractivity contribution in [1.29, 1.82) is 0 Å². The van der Waals surface area contributed by atoms with Crippen molar-refractivity contribution in [1.82, 2.24) is 4.72 Å². The van der Waals surface area contributed by atoms with Gasteiger partial charge in [-0.2, -0.15) is 0 Å². The highest BCUT2D eigenvalue weighted by Gasteiger charge is 2.19. The van der Waals surface area contributed by atoms with Crippen LogP contribution in [-0.4, -0.2) is 37.9 Å². The van der Waals surface area contributed by atoms with E-state index in [9.17, 15) is 12.8 Å². The molecule has 0 heterocycles. The first-order valence-electron chi connectivity index (χ1n) is 4.60. The van der Waals surface area contributed by atoms with Gasteiger partial charge in [0.15, 0.2) is 0 Å². The molecular weight excluding hydrogens is 273 g/mol. The summed E-state index contributed by atoms with van der Waals surface area (Å²) in [6, 6.07) is 3.13. The number of hydrogen-bond donors (Lipinski definition) is 3. The minimum Gasteiger partial charge on any atom is -0.394 e. The lowest BCUT2D eigenvalue weighted by atomic mass is 10.3. The quantitative estimate of drug-likeness (QED) is 0.716. The van der Waals surface area contributed by atoms with E-state index in [1.807, 2.05) is 4.72 Å². The van der Waals surface area contributed by atoms with Crippen LogP contribution in [0.25, 0.3) is 0 Å². The van der Waals surface area contributed by atoms with Crippen LogP contribution in [0.15, 0.2) is 23.1 Å². The summed E-state index contributed by atoms with van der Waals surface area (Å²) in [4.78, 5) is -0.563. The van der Waals surface area contributed by atoms with Gasteiger partial charge in [0.25, 0.3) is 0 Å². The number of sulfonamides is 1. The van der Waals surface area contributed by atoms with Gasteiger partial charge in [-0.15, -0.1) is 0 Å². The van der Waals surface area contributed by atoms with Gasteiger partial charge in [0.1, 0.15) is 10.7 Å². The third-order valence-electron chi connectivity index (χ3n) is 1.90. The summed E-state index contributed by atoms with van der Waals surface area (Å²) in [5, 5.41) is 17.6. The summed E-state index contributed by atoms with van der Waals surface area (Å²) in [7, 11) is -4.07. The molecule has 0 radical (unpaired) electrons. The number of hydrogen-bond acceptors (Lipinski definition) is 4. The van der Waals surface area contributed by atoms with Crippen LogP contribution in [-0.2, 0) is 10.0 Å². The maximum atomic E-state index is 13.3. The van der Waals surface area contributed by atoms with Crippen molar-refractivity contribution in [3.63, 3.8) is 0 Å². The molecule has 0 aliphatic carbocycles. The zero-order chi connectivity index (χ0) is 13.1. The zero-order valence-corrected chi connectivity index (χ0v) is 10.2. The van der Waals surface area contributed by atoms with Crippen LogP contribution < -0.4 is 4.72 Å². The van der Waals surface area contributed by atoms with E-state index in [0.717, 1.165) is 12.1 Å². The van der Waals surface area contributed by atoms with Gasteiger partial charge in [-0.1, -0.05) is 11.6 Å². The number of nitrogens with one attached hydrogen (secondary N) is 1. The van der Waals surface area contributed by atoms with E-state index in [0.29, 0.717) is 0 Å². The molecule has 1 atom stereocenters. The van der Waals surface area contributed by atoms with Gasteiger partial charge >= 0.3 is 0 Å².